The summed E-state index contributed by atoms with van der Waals surface area (Å²) in [6.07, 6.45) is -14.8. The minimum absolute atomic E-state index is 0.881. The van der Waals surface area contributed by atoms with Crippen molar-refractivity contribution < 1.29 is 70.6 Å². The number of aliphatic hydroxyl groups excluding tert-OH is 8. The van der Waals surface area contributed by atoms with Gasteiger partial charge in [0, 0.05) is 0 Å². The summed E-state index contributed by atoms with van der Waals surface area (Å²) < 4.78 is 0. The molecule has 0 amide bonds. The van der Waals surface area contributed by atoms with Crippen molar-refractivity contribution in [2.45, 2.75) is 42.7 Å². The molecule has 148 valence electrons. The third kappa shape index (κ3) is 8.66. The molecule has 0 saturated carbocycles. The van der Waals surface area contributed by atoms with Crippen LogP contribution in [0.3, 0.4) is 0 Å². The largest absolute Gasteiger partial charge is 0.479 e. The maximum atomic E-state index is 10.2. The lowest BCUT2D eigenvalue weighted by Gasteiger charge is -2.26. The van der Waals surface area contributed by atoms with Crippen LogP contribution < -0.4 is 0 Å². The Labute approximate surface area is 139 Å². The number of carbonyl (C=O) groups is 3. The molecule has 14 nitrogen and oxygen atoms in total. The number of carboxylic acid groups (broad SMARTS) is 3. The molecule has 0 aromatic carbocycles. The van der Waals surface area contributed by atoms with Crippen LogP contribution in [0.25, 0.3) is 0 Å². The molecule has 0 aliphatic rings. The van der Waals surface area contributed by atoms with E-state index < -0.39 is 67.2 Å². The molecule has 0 aliphatic heterocycles. The molecule has 0 bridgehead atoms. The topological polar surface area (TPSA) is 274 Å². The smallest absolute Gasteiger partial charge is 0.335 e. The Balaban J connectivity index is 0. The minimum atomic E-state index is -2.29. The molecule has 25 heavy (non-hydrogen) atoms. The number of hydrogen-bond donors (Lipinski definition) is 11. The highest BCUT2D eigenvalue weighted by Gasteiger charge is 2.36. The van der Waals surface area contributed by atoms with Gasteiger partial charge in [0.25, 0.3) is 0 Å². The van der Waals surface area contributed by atoms with Crippen LogP contribution in [-0.2, 0) is 14.4 Å². The summed E-state index contributed by atoms with van der Waals surface area (Å²) in [4.78, 5) is 29.7. The van der Waals surface area contributed by atoms with Gasteiger partial charge in [-0.25, -0.2) is 14.4 Å². The average Bonchev–Trinajstić information content (AvgIpc) is 2.56. The van der Waals surface area contributed by atoms with E-state index in [1.54, 1.807) is 0 Å². The van der Waals surface area contributed by atoms with E-state index in [4.69, 9.17) is 56.2 Å². The number of aliphatic carboxylic acids is 3. The van der Waals surface area contributed by atoms with E-state index in [1.807, 2.05) is 0 Å². The zero-order chi connectivity index (χ0) is 20.5. The Kier molecular flexibility index (Phi) is 11.8. The van der Waals surface area contributed by atoms with Crippen LogP contribution in [0.15, 0.2) is 0 Å². The van der Waals surface area contributed by atoms with Crippen molar-refractivity contribution in [2.24, 2.45) is 0 Å². The first kappa shape index (κ1) is 25.3. The fourth-order valence-corrected chi connectivity index (χ4v) is 1.14. The molecule has 0 spiro atoms. The average molecular weight is 376 g/mol. The molecule has 0 aromatic heterocycles. The van der Waals surface area contributed by atoms with Gasteiger partial charge in [-0.05, 0) is 0 Å². The van der Waals surface area contributed by atoms with Crippen LogP contribution in [-0.4, -0.2) is 123 Å². The van der Waals surface area contributed by atoms with Gasteiger partial charge >= 0.3 is 17.9 Å². The van der Waals surface area contributed by atoms with Gasteiger partial charge < -0.3 is 56.2 Å². The summed E-state index contributed by atoms with van der Waals surface area (Å²) in [6, 6.07) is 0. The van der Waals surface area contributed by atoms with Crippen molar-refractivity contribution in [1.82, 2.24) is 0 Å². The second kappa shape index (κ2) is 11.6. The number of aliphatic hydroxyl groups is 8. The van der Waals surface area contributed by atoms with E-state index in [-0.39, 0.29) is 0 Å². The van der Waals surface area contributed by atoms with Crippen LogP contribution in [0.2, 0.25) is 0 Å². The van der Waals surface area contributed by atoms with Gasteiger partial charge in [0.15, 0.2) is 18.3 Å². The van der Waals surface area contributed by atoms with E-state index in [9.17, 15) is 14.4 Å². The molecule has 7 atom stereocenters. The Bertz CT molecular complexity index is 420. The second-order valence-corrected chi connectivity index (χ2v) is 4.57. The molecule has 0 saturated heterocycles. The van der Waals surface area contributed by atoms with Crippen LogP contribution in [0, 0.1) is 0 Å². The third-order valence-electron chi connectivity index (χ3n) is 2.66. The maximum absolute atomic E-state index is 10.2. The van der Waals surface area contributed by atoms with Crippen LogP contribution in [0.1, 0.15) is 0 Å². The predicted octanol–water partition coefficient (Wildman–Crippen LogP) is -6.25. The summed E-state index contributed by atoms with van der Waals surface area (Å²) in [5.74, 6) is -5.32. The Morgan fingerprint density at radius 1 is 0.560 bits per heavy atom. The van der Waals surface area contributed by atoms with Crippen molar-refractivity contribution in [2.75, 3.05) is 6.61 Å². The molecular formula is C11H20O14. The van der Waals surface area contributed by atoms with Gasteiger partial charge in [0.2, 0.25) is 0 Å². The number of carboxylic acids is 3. The normalized spacial score (nSPS) is 19.2. The number of hydrogen-bond acceptors (Lipinski definition) is 11. The zero-order valence-corrected chi connectivity index (χ0v) is 12.4. The molecule has 0 aromatic rings. The van der Waals surface area contributed by atoms with E-state index in [2.05, 4.69) is 0 Å². The minimum Gasteiger partial charge on any atom is -0.479 e. The molecule has 0 radical (unpaired) electrons. The van der Waals surface area contributed by atoms with Gasteiger partial charge in [0.1, 0.15) is 24.4 Å². The lowest BCUT2D eigenvalue weighted by atomic mass is 9.99. The number of rotatable bonds is 9. The molecule has 0 aliphatic carbocycles. The standard InChI is InChI=1S/C7H14O8.C4H6O6/c8-1-2(9)3(10)4(11)5(12)6(13)7(14)15;5-1(3(7)8)2(6)4(9)10/h2-6,8-13H,1H2,(H,14,15);1-2,5-6H,(H,7,8)(H,9,10)/t2?,3-,4-,5+,6-;/m1./s1. The summed E-state index contributed by atoms with van der Waals surface area (Å²) in [7, 11) is 0. The summed E-state index contributed by atoms with van der Waals surface area (Å²) in [6.45, 7) is -0.881. The second-order valence-electron chi connectivity index (χ2n) is 4.57. The first-order valence-corrected chi connectivity index (χ1v) is 6.35. The first-order chi connectivity index (χ1) is 11.3. The monoisotopic (exact) mass is 376 g/mol. The maximum Gasteiger partial charge on any atom is 0.335 e. The first-order valence-electron chi connectivity index (χ1n) is 6.35. The molecule has 11 N–H and O–H groups in total. The van der Waals surface area contributed by atoms with Gasteiger partial charge in [-0.1, -0.05) is 0 Å². The lowest BCUT2D eigenvalue weighted by molar-refractivity contribution is -0.169. The van der Waals surface area contributed by atoms with E-state index in [0.717, 1.165) is 0 Å². The van der Waals surface area contributed by atoms with Gasteiger partial charge in [-0.3, -0.25) is 0 Å². The van der Waals surface area contributed by atoms with E-state index in [0.29, 0.717) is 0 Å². The highest BCUT2D eigenvalue weighted by molar-refractivity contribution is 5.83. The van der Waals surface area contributed by atoms with Crippen LogP contribution >= 0.6 is 0 Å². The predicted molar refractivity (Wildman–Crippen MR) is 72.0 cm³/mol. The molecule has 0 rings (SSSR count). The highest BCUT2D eigenvalue weighted by Crippen LogP contribution is 2.08. The van der Waals surface area contributed by atoms with Gasteiger partial charge in [-0.15, -0.1) is 0 Å². The summed E-state index contributed by atoms with van der Waals surface area (Å²) >= 11 is 0. The molecule has 3 unspecified atom stereocenters. The third-order valence-corrected chi connectivity index (χ3v) is 2.66. The Hall–Kier alpha value is -1.91. The van der Waals surface area contributed by atoms with Crippen LogP contribution in [0.4, 0.5) is 0 Å². The molecule has 0 fully saturated rings. The SMILES string of the molecule is O=C(O)C(O)C(O)C(=O)O.O=C(O)[C@H](O)[C@@H](O)[C@H](O)[C@H](O)C(O)CO. The molecule has 0 heterocycles. The summed E-state index contributed by atoms with van der Waals surface area (Å²) in [5.41, 5.74) is 0. The van der Waals surface area contributed by atoms with Crippen molar-refractivity contribution in [3.63, 3.8) is 0 Å². The highest BCUT2D eigenvalue weighted by atomic mass is 16.4. The fraction of sp³-hybridized carbons (Fsp3) is 0.727. The summed E-state index contributed by atoms with van der Waals surface area (Å²) in [5, 5.41) is 94.1. The quantitative estimate of drug-likeness (QED) is 0.179. The van der Waals surface area contributed by atoms with Gasteiger partial charge in [0.05, 0.1) is 6.61 Å². The molecular weight excluding hydrogens is 356 g/mol. The van der Waals surface area contributed by atoms with Crippen molar-refractivity contribution in [3.05, 3.63) is 0 Å². The molecule has 14 heteroatoms. The Morgan fingerprint density at radius 3 is 1.12 bits per heavy atom. The van der Waals surface area contributed by atoms with E-state index >= 15 is 0 Å². The van der Waals surface area contributed by atoms with Crippen LogP contribution in [0.5, 0.6) is 0 Å². The van der Waals surface area contributed by atoms with E-state index in [1.165, 1.54) is 0 Å². The Morgan fingerprint density at radius 2 is 0.880 bits per heavy atom. The lowest BCUT2D eigenvalue weighted by Crippen LogP contribution is -2.51. The fourth-order valence-electron chi connectivity index (χ4n) is 1.14. The van der Waals surface area contributed by atoms with Crippen molar-refractivity contribution in [1.29, 1.82) is 0 Å². The zero-order valence-electron chi connectivity index (χ0n) is 12.4. The van der Waals surface area contributed by atoms with Crippen molar-refractivity contribution >= 4 is 17.9 Å². The van der Waals surface area contributed by atoms with Gasteiger partial charge in [-0.2, -0.15) is 0 Å². The van der Waals surface area contributed by atoms with Crippen molar-refractivity contribution in [3.8, 4) is 0 Å².